The lowest BCUT2D eigenvalue weighted by Crippen LogP contribution is -2.31. The third-order valence-corrected chi connectivity index (χ3v) is 2.48. The monoisotopic (exact) mass is 208 g/mol. The number of hydrogen-bond acceptors (Lipinski definition) is 2. The van der Waals surface area contributed by atoms with Gasteiger partial charge in [0.05, 0.1) is 0 Å². The van der Waals surface area contributed by atoms with Crippen LogP contribution in [0.15, 0.2) is 24.3 Å². The summed E-state index contributed by atoms with van der Waals surface area (Å²) in [5.41, 5.74) is 0.873. The van der Waals surface area contributed by atoms with Gasteiger partial charge in [0.1, 0.15) is 5.82 Å². The number of halogens is 1. The molecular formula is C11H13FN2O. The summed E-state index contributed by atoms with van der Waals surface area (Å²) in [6.45, 7) is 0.692. The molecule has 0 bridgehead atoms. The summed E-state index contributed by atoms with van der Waals surface area (Å²) in [4.78, 5) is 10.9. The number of hydrogen-bond donors (Lipinski definition) is 2. The molecule has 0 aliphatic carbocycles. The van der Waals surface area contributed by atoms with Crippen LogP contribution in [0.3, 0.4) is 0 Å². The summed E-state index contributed by atoms with van der Waals surface area (Å²) in [5.74, 6) is -0.129. The molecule has 4 heteroatoms. The number of amides is 1. The first kappa shape index (κ1) is 9.96. The molecule has 1 aliphatic rings. The molecule has 0 saturated carbocycles. The van der Waals surface area contributed by atoms with Crippen LogP contribution in [0.25, 0.3) is 0 Å². The average molecular weight is 208 g/mol. The highest BCUT2D eigenvalue weighted by molar-refractivity contribution is 5.78. The first-order valence-corrected chi connectivity index (χ1v) is 5.03. The quantitative estimate of drug-likeness (QED) is 0.790. The third-order valence-electron chi connectivity index (χ3n) is 2.48. The van der Waals surface area contributed by atoms with E-state index in [1.807, 2.05) is 0 Å². The fourth-order valence-corrected chi connectivity index (χ4v) is 1.64. The van der Waals surface area contributed by atoms with Crippen LogP contribution in [0.2, 0.25) is 0 Å². The topological polar surface area (TPSA) is 41.1 Å². The number of carbonyl (C=O) groups excluding carboxylic acids is 1. The summed E-state index contributed by atoms with van der Waals surface area (Å²) in [6.07, 6.45) is 1.47. The lowest BCUT2D eigenvalue weighted by molar-refractivity contribution is -0.119. The highest BCUT2D eigenvalue weighted by Gasteiger charge is 2.19. The summed E-state index contributed by atoms with van der Waals surface area (Å²) in [5, 5.41) is 6.01. The van der Waals surface area contributed by atoms with Gasteiger partial charge < -0.3 is 10.6 Å². The zero-order valence-corrected chi connectivity index (χ0v) is 8.29. The SMILES string of the molecule is O=C1CC[C@@H](CNc2ccc(F)cc2)N1. The van der Waals surface area contributed by atoms with Crippen LogP contribution in [0.4, 0.5) is 10.1 Å². The van der Waals surface area contributed by atoms with Crippen LogP contribution in [0.5, 0.6) is 0 Å². The Morgan fingerprint density at radius 2 is 2.13 bits per heavy atom. The van der Waals surface area contributed by atoms with E-state index < -0.39 is 0 Å². The molecular weight excluding hydrogens is 195 g/mol. The minimum atomic E-state index is -0.241. The molecule has 1 aromatic carbocycles. The van der Waals surface area contributed by atoms with Crippen LogP contribution in [-0.4, -0.2) is 18.5 Å². The van der Waals surface area contributed by atoms with Gasteiger partial charge in [-0.05, 0) is 30.7 Å². The van der Waals surface area contributed by atoms with Crippen molar-refractivity contribution in [3.8, 4) is 0 Å². The Labute approximate surface area is 87.7 Å². The number of benzene rings is 1. The fraction of sp³-hybridized carbons (Fsp3) is 0.364. The average Bonchev–Trinajstić information content (AvgIpc) is 2.64. The zero-order valence-electron chi connectivity index (χ0n) is 8.29. The lowest BCUT2D eigenvalue weighted by atomic mass is 10.2. The van der Waals surface area contributed by atoms with Crippen LogP contribution >= 0.6 is 0 Å². The molecule has 1 amide bonds. The molecule has 1 fully saturated rings. The van der Waals surface area contributed by atoms with E-state index in [0.717, 1.165) is 12.1 Å². The van der Waals surface area contributed by atoms with Crippen molar-refractivity contribution in [1.29, 1.82) is 0 Å². The second-order valence-corrected chi connectivity index (χ2v) is 3.69. The molecule has 1 heterocycles. The summed E-state index contributed by atoms with van der Waals surface area (Å²) >= 11 is 0. The molecule has 0 unspecified atom stereocenters. The Balaban J connectivity index is 1.83. The normalized spacial score (nSPS) is 20.1. The molecule has 1 saturated heterocycles. The van der Waals surface area contributed by atoms with Crippen molar-refractivity contribution in [3.05, 3.63) is 30.1 Å². The third kappa shape index (κ3) is 2.68. The second kappa shape index (κ2) is 4.29. The Bertz CT molecular complexity index is 350. The summed E-state index contributed by atoms with van der Waals surface area (Å²) in [7, 11) is 0. The van der Waals surface area contributed by atoms with Gasteiger partial charge in [-0.3, -0.25) is 4.79 Å². The van der Waals surface area contributed by atoms with Gasteiger partial charge in [0.15, 0.2) is 0 Å². The maximum Gasteiger partial charge on any atom is 0.220 e. The molecule has 1 atom stereocenters. The first-order chi connectivity index (χ1) is 7.24. The molecule has 0 aromatic heterocycles. The van der Waals surface area contributed by atoms with Crippen LogP contribution < -0.4 is 10.6 Å². The molecule has 2 N–H and O–H groups in total. The molecule has 0 radical (unpaired) electrons. The minimum absolute atomic E-state index is 0.112. The second-order valence-electron chi connectivity index (χ2n) is 3.69. The van der Waals surface area contributed by atoms with Crippen molar-refractivity contribution < 1.29 is 9.18 Å². The Morgan fingerprint density at radius 3 is 2.73 bits per heavy atom. The van der Waals surface area contributed by atoms with Crippen LogP contribution in [0, 0.1) is 5.82 Å². The highest BCUT2D eigenvalue weighted by atomic mass is 19.1. The van der Waals surface area contributed by atoms with Gasteiger partial charge in [0.25, 0.3) is 0 Å². The summed E-state index contributed by atoms with van der Waals surface area (Å²) in [6, 6.07) is 6.39. The van der Waals surface area contributed by atoms with Gasteiger partial charge in [-0.25, -0.2) is 4.39 Å². The number of rotatable bonds is 3. The first-order valence-electron chi connectivity index (χ1n) is 5.03. The van der Waals surface area contributed by atoms with E-state index in [9.17, 15) is 9.18 Å². The van der Waals surface area contributed by atoms with Gasteiger partial charge in [0.2, 0.25) is 5.91 Å². The maximum absolute atomic E-state index is 12.6. The molecule has 80 valence electrons. The molecule has 1 aliphatic heterocycles. The van der Waals surface area contributed by atoms with Crippen molar-refractivity contribution in [3.63, 3.8) is 0 Å². The largest absolute Gasteiger partial charge is 0.383 e. The van der Waals surface area contributed by atoms with Crippen LogP contribution in [0.1, 0.15) is 12.8 Å². The predicted molar refractivity (Wildman–Crippen MR) is 56.1 cm³/mol. The number of anilines is 1. The minimum Gasteiger partial charge on any atom is -0.383 e. The highest BCUT2D eigenvalue weighted by Crippen LogP contribution is 2.11. The van der Waals surface area contributed by atoms with Crippen molar-refractivity contribution in [1.82, 2.24) is 5.32 Å². The van der Waals surface area contributed by atoms with Crippen LogP contribution in [-0.2, 0) is 4.79 Å². The van der Waals surface area contributed by atoms with Gasteiger partial charge in [-0.2, -0.15) is 0 Å². The molecule has 0 spiro atoms. The van der Waals surface area contributed by atoms with E-state index in [0.29, 0.717) is 13.0 Å². The number of nitrogens with one attached hydrogen (secondary N) is 2. The van der Waals surface area contributed by atoms with E-state index in [1.54, 1.807) is 12.1 Å². The van der Waals surface area contributed by atoms with E-state index >= 15 is 0 Å². The lowest BCUT2D eigenvalue weighted by Gasteiger charge is -2.12. The van der Waals surface area contributed by atoms with E-state index in [1.165, 1.54) is 12.1 Å². The van der Waals surface area contributed by atoms with Crippen molar-refractivity contribution >= 4 is 11.6 Å². The van der Waals surface area contributed by atoms with Crippen molar-refractivity contribution in [2.75, 3.05) is 11.9 Å². The Kier molecular flexibility index (Phi) is 2.85. The Hall–Kier alpha value is -1.58. The Morgan fingerprint density at radius 1 is 1.40 bits per heavy atom. The predicted octanol–water partition coefficient (Wildman–Crippen LogP) is 1.52. The van der Waals surface area contributed by atoms with Crippen molar-refractivity contribution in [2.45, 2.75) is 18.9 Å². The summed E-state index contributed by atoms with van der Waals surface area (Å²) < 4.78 is 12.6. The smallest absolute Gasteiger partial charge is 0.220 e. The standard InChI is InChI=1S/C11H13FN2O/c12-8-1-3-9(4-2-8)13-7-10-5-6-11(15)14-10/h1-4,10,13H,5-7H2,(H,14,15)/t10-/m0/s1. The zero-order chi connectivity index (χ0) is 10.7. The van der Waals surface area contributed by atoms with Gasteiger partial charge in [-0.15, -0.1) is 0 Å². The van der Waals surface area contributed by atoms with E-state index in [2.05, 4.69) is 10.6 Å². The molecule has 1 aromatic rings. The molecule has 3 nitrogen and oxygen atoms in total. The van der Waals surface area contributed by atoms with E-state index in [4.69, 9.17) is 0 Å². The van der Waals surface area contributed by atoms with E-state index in [-0.39, 0.29) is 17.8 Å². The number of carbonyl (C=O) groups is 1. The maximum atomic E-state index is 12.6. The van der Waals surface area contributed by atoms with Crippen molar-refractivity contribution in [2.24, 2.45) is 0 Å². The van der Waals surface area contributed by atoms with Gasteiger partial charge >= 0.3 is 0 Å². The molecule has 15 heavy (non-hydrogen) atoms. The fourth-order valence-electron chi connectivity index (χ4n) is 1.64. The molecule has 2 rings (SSSR count). The van der Waals surface area contributed by atoms with Gasteiger partial charge in [0, 0.05) is 24.7 Å². The van der Waals surface area contributed by atoms with Gasteiger partial charge in [-0.1, -0.05) is 0 Å².